The van der Waals surface area contributed by atoms with Crippen molar-refractivity contribution in [3.05, 3.63) is 24.0 Å². The first-order valence-electron chi connectivity index (χ1n) is 6.19. The van der Waals surface area contributed by atoms with Crippen LogP contribution in [0.5, 0.6) is 0 Å². The summed E-state index contributed by atoms with van der Waals surface area (Å²) in [5, 5.41) is 0. The molecule has 2 heterocycles. The minimum atomic E-state index is 0.521. The standard InChI is InChI=1S/C13H21N3/c1-3-12-6-4-10(2)16(12)13-7-5-11(8-14)15-9-13/h5,7,9-10,12H,3-4,6,8,14H2,1-2H3. The van der Waals surface area contributed by atoms with E-state index in [0.717, 1.165) is 5.69 Å². The molecule has 0 radical (unpaired) electrons. The summed E-state index contributed by atoms with van der Waals surface area (Å²) < 4.78 is 0. The minimum Gasteiger partial charge on any atom is -0.365 e. The Morgan fingerprint density at radius 1 is 1.44 bits per heavy atom. The third-order valence-corrected chi connectivity index (χ3v) is 3.57. The molecular formula is C13H21N3. The summed E-state index contributed by atoms with van der Waals surface area (Å²) in [4.78, 5) is 6.89. The Morgan fingerprint density at radius 2 is 2.25 bits per heavy atom. The van der Waals surface area contributed by atoms with E-state index in [1.165, 1.54) is 24.9 Å². The van der Waals surface area contributed by atoms with E-state index in [1.807, 2.05) is 12.3 Å². The first kappa shape index (κ1) is 11.4. The van der Waals surface area contributed by atoms with Crippen molar-refractivity contribution in [2.24, 2.45) is 5.73 Å². The van der Waals surface area contributed by atoms with Gasteiger partial charge >= 0.3 is 0 Å². The van der Waals surface area contributed by atoms with Crippen molar-refractivity contribution >= 4 is 5.69 Å². The fourth-order valence-corrected chi connectivity index (χ4v) is 2.63. The third-order valence-electron chi connectivity index (χ3n) is 3.57. The summed E-state index contributed by atoms with van der Waals surface area (Å²) >= 11 is 0. The summed E-state index contributed by atoms with van der Waals surface area (Å²) in [6.07, 6.45) is 5.77. The lowest BCUT2D eigenvalue weighted by atomic mass is 10.1. The second kappa shape index (κ2) is 4.83. The summed E-state index contributed by atoms with van der Waals surface area (Å²) in [6, 6.07) is 5.50. The maximum Gasteiger partial charge on any atom is 0.0557 e. The van der Waals surface area contributed by atoms with E-state index < -0.39 is 0 Å². The molecule has 16 heavy (non-hydrogen) atoms. The second-order valence-electron chi connectivity index (χ2n) is 4.61. The molecule has 88 valence electrons. The van der Waals surface area contributed by atoms with Gasteiger partial charge in [-0.1, -0.05) is 6.92 Å². The highest BCUT2D eigenvalue weighted by Crippen LogP contribution is 2.31. The molecule has 2 atom stereocenters. The van der Waals surface area contributed by atoms with Crippen molar-refractivity contribution in [1.82, 2.24) is 4.98 Å². The van der Waals surface area contributed by atoms with Gasteiger partial charge in [-0.05, 0) is 38.3 Å². The SMILES string of the molecule is CCC1CCC(C)N1c1ccc(CN)nc1. The topological polar surface area (TPSA) is 42.1 Å². The first-order valence-corrected chi connectivity index (χ1v) is 6.19. The molecular weight excluding hydrogens is 198 g/mol. The van der Waals surface area contributed by atoms with Gasteiger partial charge in [-0.2, -0.15) is 0 Å². The number of hydrogen-bond acceptors (Lipinski definition) is 3. The molecule has 1 saturated heterocycles. The Hall–Kier alpha value is -1.09. The fourth-order valence-electron chi connectivity index (χ4n) is 2.63. The summed E-state index contributed by atoms with van der Waals surface area (Å²) in [5.41, 5.74) is 7.76. The van der Waals surface area contributed by atoms with E-state index in [1.54, 1.807) is 0 Å². The molecule has 0 aliphatic carbocycles. The van der Waals surface area contributed by atoms with Gasteiger partial charge in [0.25, 0.3) is 0 Å². The Bertz CT molecular complexity index is 334. The minimum absolute atomic E-state index is 0.521. The lowest BCUT2D eigenvalue weighted by Gasteiger charge is -2.30. The molecule has 2 unspecified atom stereocenters. The molecule has 2 rings (SSSR count). The van der Waals surface area contributed by atoms with Crippen LogP contribution in [0.25, 0.3) is 0 Å². The molecule has 1 aliphatic rings. The zero-order chi connectivity index (χ0) is 11.5. The monoisotopic (exact) mass is 219 g/mol. The molecule has 1 aliphatic heterocycles. The molecule has 2 N–H and O–H groups in total. The molecule has 3 heteroatoms. The van der Waals surface area contributed by atoms with Gasteiger partial charge in [0.15, 0.2) is 0 Å². The normalized spacial score (nSPS) is 25.1. The maximum atomic E-state index is 5.56. The van der Waals surface area contributed by atoms with Crippen LogP contribution in [0.4, 0.5) is 5.69 Å². The van der Waals surface area contributed by atoms with Gasteiger partial charge in [0, 0.05) is 18.6 Å². The maximum absolute atomic E-state index is 5.56. The number of anilines is 1. The Morgan fingerprint density at radius 3 is 2.81 bits per heavy atom. The first-order chi connectivity index (χ1) is 7.76. The van der Waals surface area contributed by atoms with Crippen molar-refractivity contribution in [3.8, 4) is 0 Å². The molecule has 0 amide bonds. The molecule has 3 nitrogen and oxygen atoms in total. The van der Waals surface area contributed by atoms with Crippen LogP contribution in [0, 0.1) is 0 Å². The summed E-state index contributed by atoms with van der Waals surface area (Å²) in [7, 11) is 0. The van der Waals surface area contributed by atoms with E-state index in [2.05, 4.69) is 29.8 Å². The largest absolute Gasteiger partial charge is 0.365 e. The van der Waals surface area contributed by atoms with Crippen LogP contribution in [0.15, 0.2) is 18.3 Å². The van der Waals surface area contributed by atoms with E-state index in [-0.39, 0.29) is 0 Å². The van der Waals surface area contributed by atoms with E-state index >= 15 is 0 Å². The van der Waals surface area contributed by atoms with Crippen LogP contribution in [0.3, 0.4) is 0 Å². The molecule has 0 bridgehead atoms. The van der Waals surface area contributed by atoms with Gasteiger partial charge in [0.05, 0.1) is 17.6 Å². The van der Waals surface area contributed by atoms with Crippen molar-refractivity contribution in [1.29, 1.82) is 0 Å². The fraction of sp³-hybridized carbons (Fsp3) is 0.615. The van der Waals surface area contributed by atoms with Crippen LogP contribution >= 0.6 is 0 Å². The van der Waals surface area contributed by atoms with Gasteiger partial charge in [0.1, 0.15) is 0 Å². The summed E-state index contributed by atoms with van der Waals surface area (Å²) in [5.74, 6) is 0. The molecule has 1 aromatic heterocycles. The van der Waals surface area contributed by atoms with Crippen molar-refractivity contribution in [2.75, 3.05) is 4.90 Å². The smallest absolute Gasteiger partial charge is 0.0557 e. The molecule has 0 spiro atoms. The van der Waals surface area contributed by atoms with E-state index in [9.17, 15) is 0 Å². The highest BCUT2D eigenvalue weighted by atomic mass is 15.2. The van der Waals surface area contributed by atoms with Crippen molar-refractivity contribution < 1.29 is 0 Å². The van der Waals surface area contributed by atoms with Crippen LogP contribution < -0.4 is 10.6 Å². The molecule has 1 aromatic rings. The third kappa shape index (κ3) is 2.05. The van der Waals surface area contributed by atoms with Crippen molar-refractivity contribution in [3.63, 3.8) is 0 Å². The van der Waals surface area contributed by atoms with E-state index in [0.29, 0.717) is 18.6 Å². The van der Waals surface area contributed by atoms with Gasteiger partial charge in [0.2, 0.25) is 0 Å². The molecule has 1 fully saturated rings. The predicted molar refractivity (Wildman–Crippen MR) is 67.4 cm³/mol. The van der Waals surface area contributed by atoms with Crippen molar-refractivity contribution in [2.45, 2.75) is 51.7 Å². The van der Waals surface area contributed by atoms with Gasteiger partial charge in [-0.15, -0.1) is 0 Å². The number of nitrogens with two attached hydrogens (primary N) is 1. The highest BCUT2D eigenvalue weighted by molar-refractivity contribution is 5.48. The van der Waals surface area contributed by atoms with Crippen LogP contribution in [0.2, 0.25) is 0 Å². The Labute approximate surface area is 97.7 Å². The van der Waals surface area contributed by atoms with Gasteiger partial charge in [-0.25, -0.2) is 0 Å². The van der Waals surface area contributed by atoms with Crippen LogP contribution in [0.1, 0.15) is 38.8 Å². The second-order valence-corrected chi connectivity index (χ2v) is 4.61. The zero-order valence-corrected chi connectivity index (χ0v) is 10.2. The van der Waals surface area contributed by atoms with E-state index in [4.69, 9.17) is 5.73 Å². The lowest BCUT2D eigenvalue weighted by Crippen LogP contribution is -2.34. The number of pyridine rings is 1. The zero-order valence-electron chi connectivity index (χ0n) is 10.2. The van der Waals surface area contributed by atoms with Crippen LogP contribution in [-0.2, 0) is 6.54 Å². The molecule has 0 aromatic carbocycles. The average molecular weight is 219 g/mol. The summed E-state index contributed by atoms with van der Waals surface area (Å²) in [6.45, 7) is 5.08. The quantitative estimate of drug-likeness (QED) is 0.848. The highest BCUT2D eigenvalue weighted by Gasteiger charge is 2.29. The lowest BCUT2D eigenvalue weighted by molar-refractivity contribution is 0.627. The average Bonchev–Trinajstić information content (AvgIpc) is 2.70. The molecule has 0 saturated carbocycles. The number of nitrogens with zero attached hydrogens (tertiary/aromatic N) is 2. The Kier molecular flexibility index (Phi) is 3.44. The van der Waals surface area contributed by atoms with Gasteiger partial charge < -0.3 is 10.6 Å². The Balaban J connectivity index is 2.21. The van der Waals surface area contributed by atoms with Crippen LogP contribution in [-0.4, -0.2) is 17.1 Å². The predicted octanol–water partition coefficient (Wildman–Crippen LogP) is 2.31. The van der Waals surface area contributed by atoms with Gasteiger partial charge in [-0.3, -0.25) is 4.98 Å². The number of rotatable bonds is 3. The number of aromatic nitrogens is 1. The number of hydrogen-bond donors (Lipinski definition) is 1.